The molecule has 0 aliphatic carbocycles. The first-order valence-corrected chi connectivity index (χ1v) is 11.1. The van der Waals surface area contributed by atoms with Crippen LogP contribution in [0, 0.1) is 5.82 Å². The summed E-state index contributed by atoms with van der Waals surface area (Å²) in [5, 5.41) is 19.3. The number of guanidine groups is 1. The highest BCUT2D eigenvalue weighted by Crippen LogP contribution is 2.15. The molecular weight excluding hydrogens is 536 g/mol. The van der Waals surface area contributed by atoms with Gasteiger partial charge in [-0.1, -0.05) is 24.3 Å². The number of hydrogen-bond acceptors (Lipinski definition) is 4. The van der Waals surface area contributed by atoms with Gasteiger partial charge in [0.2, 0.25) is 0 Å². The fraction of sp³-hybridized carbons (Fsp3) is 0.417. The topological polar surface area (TPSA) is 89.0 Å². The van der Waals surface area contributed by atoms with Crippen molar-refractivity contribution in [1.82, 2.24) is 20.9 Å². The van der Waals surface area contributed by atoms with E-state index < -0.39 is 0 Å². The second kappa shape index (κ2) is 14.0. The Morgan fingerprint density at radius 3 is 2.48 bits per heavy atom. The number of piperidine rings is 1. The predicted octanol–water partition coefficient (Wildman–Crippen LogP) is 3.10. The number of hydrogen-bond donors (Lipinski definition) is 4. The van der Waals surface area contributed by atoms with Crippen molar-refractivity contribution in [1.29, 1.82) is 0 Å². The van der Waals surface area contributed by atoms with Crippen LogP contribution in [0.3, 0.4) is 0 Å². The van der Waals surface area contributed by atoms with Crippen molar-refractivity contribution in [2.75, 3.05) is 32.7 Å². The van der Waals surface area contributed by atoms with E-state index in [2.05, 4.69) is 25.8 Å². The zero-order valence-electron chi connectivity index (χ0n) is 18.9. The number of nitrogens with one attached hydrogen (secondary N) is 3. The lowest BCUT2D eigenvalue weighted by atomic mass is 10.0. The average molecular weight is 569 g/mol. The minimum Gasteiger partial charge on any atom is -0.507 e. The Labute approximate surface area is 211 Å². The molecule has 4 N–H and O–H groups in total. The third-order valence-electron chi connectivity index (χ3n) is 5.41. The lowest BCUT2D eigenvalue weighted by molar-refractivity contribution is 0.0952. The van der Waals surface area contributed by atoms with Crippen LogP contribution < -0.4 is 16.0 Å². The van der Waals surface area contributed by atoms with Gasteiger partial charge in [-0.15, -0.1) is 24.0 Å². The quantitative estimate of drug-likeness (QED) is 0.170. The number of carbonyl (C=O) groups excluding carboxylic acids is 1. The molecule has 0 spiro atoms. The molecule has 1 aliphatic rings. The molecule has 2 aromatic rings. The molecule has 33 heavy (non-hydrogen) atoms. The summed E-state index contributed by atoms with van der Waals surface area (Å²) in [6.45, 7) is 6.33. The van der Waals surface area contributed by atoms with Gasteiger partial charge < -0.3 is 21.1 Å². The molecule has 0 aromatic heterocycles. The van der Waals surface area contributed by atoms with Gasteiger partial charge in [-0.3, -0.25) is 14.7 Å². The molecule has 0 bridgehead atoms. The molecule has 2 aromatic carbocycles. The summed E-state index contributed by atoms with van der Waals surface area (Å²) in [6.07, 6.45) is 1.99. The van der Waals surface area contributed by atoms with Crippen molar-refractivity contribution < 1.29 is 14.3 Å². The molecule has 1 saturated heterocycles. The highest BCUT2D eigenvalue weighted by atomic mass is 127. The van der Waals surface area contributed by atoms with E-state index in [4.69, 9.17) is 0 Å². The van der Waals surface area contributed by atoms with Crippen molar-refractivity contribution in [3.05, 3.63) is 65.5 Å². The van der Waals surface area contributed by atoms with Gasteiger partial charge in [0.05, 0.1) is 12.1 Å². The Morgan fingerprint density at radius 1 is 1.12 bits per heavy atom. The van der Waals surface area contributed by atoms with Crippen LogP contribution in [0.4, 0.5) is 4.39 Å². The lowest BCUT2D eigenvalue weighted by Gasteiger charge is -2.33. The molecule has 7 nitrogen and oxygen atoms in total. The number of para-hydroxylation sites is 1. The number of phenols is 1. The molecular formula is C24H33FIN5O2. The average Bonchev–Trinajstić information content (AvgIpc) is 2.80. The molecule has 0 unspecified atom stereocenters. The Balaban J connectivity index is 0.00000385. The van der Waals surface area contributed by atoms with E-state index in [1.54, 1.807) is 18.2 Å². The maximum Gasteiger partial charge on any atom is 0.255 e. The SMILES string of the molecule is CCNC(=NCCNC(=O)c1ccccc1O)NC1CCN(Cc2ccc(F)cc2)CC1.I. The van der Waals surface area contributed by atoms with Gasteiger partial charge in [0.1, 0.15) is 11.6 Å². The number of benzene rings is 2. The lowest BCUT2D eigenvalue weighted by Crippen LogP contribution is -2.48. The van der Waals surface area contributed by atoms with Crippen molar-refractivity contribution in [2.45, 2.75) is 32.4 Å². The van der Waals surface area contributed by atoms with Crippen LogP contribution in [0.5, 0.6) is 5.75 Å². The van der Waals surface area contributed by atoms with Crippen molar-refractivity contribution in [2.24, 2.45) is 4.99 Å². The second-order valence-electron chi connectivity index (χ2n) is 7.85. The molecule has 3 rings (SSSR count). The number of amides is 1. The van der Waals surface area contributed by atoms with Gasteiger partial charge >= 0.3 is 0 Å². The first-order chi connectivity index (χ1) is 15.5. The summed E-state index contributed by atoms with van der Waals surface area (Å²) < 4.78 is 13.1. The summed E-state index contributed by atoms with van der Waals surface area (Å²) in [6, 6.07) is 13.5. The maximum atomic E-state index is 13.1. The molecule has 0 radical (unpaired) electrons. The molecule has 0 saturated carbocycles. The van der Waals surface area contributed by atoms with Crippen molar-refractivity contribution in [3.63, 3.8) is 0 Å². The summed E-state index contributed by atoms with van der Waals surface area (Å²) in [5.74, 6) is 0.185. The van der Waals surface area contributed by atoms with E-state index in [1.807, 2.05) is 19.1 Å². The normalized spacial score (nSPS) is 14.9. The van der Waals surface area contributed by atoms with E-state index in [0.29, 0.717) is 19.1 Å². The molecule has 1 aliphatic heterocycles. The smallest absolute Gasteiger partial charge is 0.255 e. The molecule has 1 amide bonds. The Kier molecular flexibility index (Phi) is 11.4. The number of nitrogens with zero attached hydrogens (tertiary/aromatic N) is 2. The highest BCUT2D eigenvalue weighted by molar-refractivity contribution is 14.0. The van der Waals surface area contributed by atoms with Crippen LogP contribution in [-0.2, 0) is 6.54 Å². The minimum absolute atomic E-state index is 0. The Morgan fingerprint density at radius 2 is 1.82 bits per heavy atom. The largest absolute Gasteiger partial charge is 0.507 e. The first-order valence-electron chi connectivity index (χ1n) is 11.1. The number of carbonyl (C=O) groups is 1. The van der Waals surface area contributed by atoms with E-state index in [1.165, 1.54) is 18.2 Å². The van der Waals surface area contributed by atoms with Gasteiger partial charge in [-0.05, 0) is 49.6 Å². The zero-order chi connectivity index (χ0) is 22.8. The molecule has 180 valence electrons. The Bertz CT molecular complexity index is 902. The molecule has 1 heterocycles. The van der Waals surface area contributed by atoms with Crippen LogP contribution >= 0.6 is 24.0 Å². The zero-order valence-corrected chi connectivity index (χ0v) is 21.2. The fourth-order valence-electron chi connectivity index (χ4n) is 3.69. The Hall–Kier alpha value is -2.40. The number of likely N-dealkylation sites (tertiary alicyclic amines) is 1. The maximum absolute atomic E-state index is 13.1. The van der Waals surface area contributed by atoms with Gasteiger partial charge in [0, 0.05) is 38.8 Å². The van der Waals surface area contributed by atoms with Crippen LogP contribution in [-0.4, -0.2) is 60.6 Å². The number of rotatable bonds is 8. The van der Waals surface area contributed by atoms with Crippen molar-refractivity contribution >= 4 is 35.8 Å². The van der Waals surface area contributed by atoms with E-state index >= 15 is 0 Å². The van der Waals surface area contributed by atoms with Gasteiger partial charge in [-0.2, -0.15) is 0 Å². The summed E-state index contributed by atoms with van der Waals surface area (Å²) in [7, 11) is 0. The van der Waals surface area contributed by atoms with E-state index in [9.17, 15) is 14.3 Å². The second-order valence-corrected chi connectivity index (χ2v) is 7.85. The minimum atomic E-state index is -0.315. The van der Waals surface area contributed by atoms with Gasteiger partial charge in [-0.25, -0.2) is 4.39 Å². The van der Waals surface area contributed by atoms with Gasteiger partial charge in [0.15, 0.2) is 5.96 Å². The van der Waals surface area contributed by atoms with Crippen LogP contribution in [0.1, 0.15) is 35.7 Å². The molecule has 0 atom stereocenters. The van der Waals surface area contributed by atoms with Crippen molar-refractivity contribution in [3.8, 4) is 5.75 Å². The van der Waals surface area contributed by atoms with Crippen LogP contribution in [0.25, 0.3) is 0 Å². The third kappa shape index (κ3) is 8.81. The monoisotopic (exact) mass is 569 g/mol. The summed E-state index contributed by atoms with van der Waals surface area (Å²) in [5.41, 5.74) is 1.38. The van der Waals surface area contributed by atoms with Gasteiger partial charge in [0.25, 0.3) is 5.91 Å². The summed E-state index contributed by atoms with van der Waals surface area (Å²) in [4.78, 5) is 19.1. The predicted molar refractivity (Wildman–Crippen MR) is 140 cm³/mol. The highest BCUT2D eigenvalue weighted by Gasteiger charge is 2.20. The van der Waals surface area contributed by atoms with E-state index in [0.717, 1.165) is 50.5 Å². The fourth-order valence-corrected chi connectivity index (χ4v) is 3.69. The molecule has 9 heteroatoms. The number of halogens is 2. The molecule has 1 fully saturated rings. The van der Waals surface area contributed by atoms with Crippen LogP contribution in [0.15, 0.2) is 53.5 Å². The summed E-state index contributed by atoms with van der Waals surface area (Å²) >= 11 is 0. The standard InChI is InChI=1S/C24H32FN5O2.HI/c1-2-26-24(28-14-13-27-23(32)21-5-3-4-6-22(21)31)29-20-11-15-30(16-12-20)17-18-7-9-19(25)10-8-18;/h3-10,20,31H,2,11-17H2,1H3,(H,27,32)(H2,26,28,29);1H. The number of phenolic OH excluding ortho intramolecular Hbond substituents is 1. The van der Waals surface area contributed by atoms with E-state index in [-0.39, 0.29) is 47.0 Å². The number of aromatic hydroxyl groups is 1. The first kappa shape index (κ1) is 26.8. The number of aliphatic imine (C=N–C) groups is 1. The third-order valence-corrected chi connectivity index (χ3v) is 5.41. The van der Waals surface area contributed by atoms with Crippen LogP contribution in [0.2, 0.25) is 0 Å².